The van der Waals surface area contributed by atoms with Gasteiger partial charge < -0.3 is 19.5 Å². The minimum Gasteiger partial charge on any atom is -0.493 e. The number of amides is 1. The van der Waals surface area contributed by atoms with Crippen LogP contribution in [-0.4, -0.2) is 54.3 Å². The minimum absolute atomic E-state index is 0.0145. The average molecular weight is 307 g/mol. The van der Waals surface area contributed by atoms with Gasteiger partial charge in [0.05, 0.1) is 25.7 Å². The third kappa shape index (κ3) is 3.98. The summed E-state index contributed by atoms with van der Waals surface area (Å²) in [5, 5.41) is 9.13. The molecule has 0 spiro atoms. The molecule has 0 aromatic heterocycles. The Labute approximate surface area is 129 Å². The summed E-state index contributed by atoms with van der Waals surface area (Å²) < 4.78 is 10.8. The van der Waals surface area contributed by atoms with E-state index in [1.807, 2.05) is 6.92 Å². The highest BCUT2D eigenvalue weighted by molar-refractivity contribution is 5.91. The summed E-state index contributed by atoms with van der Waals surface area (Å²) >= 11 is 0. The van der Waals surface area contributed by atoms with Crippen LogP contribution in [0.3, 0.4) is 0 Å². The molecule has 1 saturated heterocycles. The summed E-state index contributed by atoms with van der Waals surface area (Å²) in [4.78, 5) is 25.2. The number of benzene rings is 1. The summed E-state index contributed by atoms with van der Waals surface area (Å²) in [6, 6.07) is 4.78. The number of carboxylic acid groups (broad SMARTS) is 1. The summed E-state index contributed by atoms with van der Waals surface area (Å²) in [5.41, 5.74) is 0.857. The molecule has 0 radical (unpaired) electrons. The maximum absolute atomic E-state index is 12.3. The number of morpholine rings is 1. The number of ether oxygens (including phenoxy) is 2. The van der Waals surface area contributed by atoms with Gasteiger partial charge in [0.15, 0.2) is 0 Å². The molecule has 0 bridgehead atoms. The minimum atomic E-state index is -1.04. The Morgan fingerprint density at radius 2 is 2.23 bits per heavy atom. The molecule has 1 aromatic carbocycles. The molecule has 0 aliphatic carbocycles. The van der Waals surface area contributed by atoms with E-state index in [1.165, 1.54) is 6.07 Å². The molecule has 2 rings (SSSR count). The fraction of sp³-hybridized carbons (Fsp3) is 0.500. The van der Waals surface area contributed by atoms with Gasteiger partial charge in [0.2, 0.25) is 5.91 Å². The third-order valence-corrected chi connectivity index (χ3v) is 3.53. The van der Waals surface area contributed by atoms with Gasteiger partial charge in [-0.3, -0.25) is 4.79 Å². The van der Waals surface area contributed by atoms with Crippen LogP contribution < -0.4 is 4.74 Å². The van der Waals surface area contributed by atoms with Crippen LogP contribution >= 0.6 is 0 Å². The van der Waals surface area contributed by atoms with Crippen LogP contribution in [0, 0.1) is 0 Å². The fourth-order valence-corrected chi connectivity index (χ4v) is 2.46. The first-order chi connectivity index (χ1) is 10.5. The van der Waals surface area contributed by atoms with Gasteiger partial charge in [0.1, 0.15) is 11.3 Å². The second kappa shape index (κ2) is 7.26. The Morgan fingerprint density at radius 3 is 2.86 bits per heavy atom. The van der Waals surface area contributed by atoms with Gasteiger partial charge >= 0.3 is 5.97 Å². The monoisotopic (exact) mass is 307 g/mol. The first-order valence-corrected chi connectivity index (χ1v) is 7.39. The Bertz CT molecular complexity index is 557. The standard InChI is InChI=1S/C16H21NO5/c1-3-21-14-8-12(4-5-13(14)16(19)20)9-15(18)17-6-7-22-11(2)10-17/h4-5,8,11H,3,6-7,9-10H2,1-2H3,(H,19,20). The molecule has 0 saturated carbocycles. The molecule has 1 fully saturated rings. The highest BCUT2D eigenvalue weighted by atomic mass is 16.5. The van der Waals surface area contributed by atoms with E-state index < -0.39 is 5.97 Å². The van der Waals surface area contributed by atoms with Gasteiger partial charge in [0.25, 0.3) is 0 Å². The third-order valence-electron chi connectivity index (χ3n) is 3.53. The Hall–Kier alpha value is -2.08. The topological polar surface area (TPSA) is 76.1 Å². The van der Waals surface area contributed by atoms with Crippen LogP contribution in [0.2, 0.25) is 0 Å². The van der Waals surface area contributed by atoms with Gasteiger partial charge in [0, 0.05) is 13.1 Å². The second-order valence-electron chi connectivity index (χ2n) is 5.27. The summed E-state index contributed by atoms with van der Waals surface area (Å²) in [5.74, 6) is -0.723. The van der Waals surface area contributed by atoms with Crippen molar-refractivity contribution in [3.63, 3.8) is 0 Å². The van der Waals surface area contributed by atoms with Crippen molar-refractivity contribution in [2.24, 2.45) is 0 Å². The second-order valence-corrected chi connectivity index (χ2v) is 5.27. The molecule has 6 nitrogen and oxygen atoms in total. The zero-order valence-corrected chi connectivity index (χ0v) is 12.9. The SMILES string of the molecule is CCOc1cc(CC(=O)N2CCOC(C)C2)ccc1C(=O)O. The van der Waals surface area contributed by atoms with Gasteiger partial charge in [-0.15, -0.1) is 0 Å². The lowest BCUT2D eigenvalue weighted by atomic mass is 10.1. The van der Waals surface area contributed by atoms with Crippen LogP contribution in [0.4, 0.5) is 0 Å². The highest BCUT2D eigenvalue weighted by Crippen LogP contribution is 2.21. The maximum Gasteiger partial charge on any atom is 0.339 e. The Kier molecular flexibility index (Phi) is 5.38. The van der Waals surface area contributed by atoms with E-state index >= 15 is 0 Å². The summed E-state index contributed by atoms with van der Waals surface area (Å²) in [7, 11) is 0. The number of hydrogen-bond acceptors (Lipinski definition) is 4. The van der Waals surface area contributed by atoms with Crippen molar-refractivity contribution >= 4 is 11.9 Å². The molecule has 1 aromatic rings. The Morgan fingerprint density at radius 1 is 1.45 bits per heavy atom. The maximum atomic E-state index is 12.3. The first kappa shape index (κ1) is 16.3. The molecule has 6 heteroatoms. The fourth-order valence-electron chi connectivity index (χ4n) is 2.46. The van der Waals surface area contributed by atoms with E-state index in [-0.39, 0.29) is 24.0 Å². The van der Waals surface area contributed by atoms with Crippen LogP contribution in [0.1, 0.15) is 29.8 Å². The molecule has 1 N–H and O–H groups in total. The van der Waals surface area contributed by atoms with E-state index in [9.17, 15) is 9.59 Å². The highest BCUT2D eigenvalue weighted by Gasteiger charge is 2.22. The van der Waals surface area contributed by atoms with E-state index in [0.717, 1.165) is 5.56 Å². The first-order valence-electron chi connectivity index (χ1n) is 7.39. The molecular formula is C16H21NO5. The predicted octanol–water partition coefficient (Wildman–Crippen LogP) is 1.57. The molecule has 120 valence electrons. The van der Waals surface area contributed by atoms with Gasteiger partial charge in [-0.2, -0.15) is 0 Å². The number of carbonyl (C=O) groups excluding carboxylic acids is 1. The van der Waals surface area contributed by atoms with Crippen LogP contribution in [0.5, 0.6) is 5.75 Å². The lowest BCUT2D eigenvalue weighted by Crippen LogP contribution is -2.45. The number of carbonyl (C=O) groups is 2. The molecule has 1 heterocycles. The molecule has 1 unspecified atom stereocenters. The summed E-state index contributed by atoms with van der Waals surface area (Å²) in [6.45, 7) is 5.83. The lowest BCUT2D eigenvalue weighted by molar-refractivity contribution is -0.137. The molecule has 1 amide bonds. The van der Waals surface area contributed by atoms with Crippen molar-refractivity contribution in [2.75, 3.05) is 26.3 Å². The summed E-state index contributed by atoms with van der Waals surface area (Å²) in [6.07, 6.45) is 0.276. The van der Waals surface area contributed by atoms with Crippen molar-refractivity contribution in [1.82, 2.24) is 4.90 Å². The lowest BCUT2D eigenvalue weighted by Gasteiger charge is -2.31. The average Bonchev–Trinajstić information content (AvgIpc) is 2.47. The van der Waals surface area contributed by atoms with Crippen molar-refractivity contribution in [3.05, 3.63) is 29.3 Å². The van der Waals surface area contributed by atoms with Gasteiger partial charge in [-0.05, 0) is 31.5 Å². The normalized spacial score (nSPS) is 18.1. The molecular weight excluding hydrogens is 286 g/mol. The van der Waals surface area contributed by atoms with Gasteiger partial charge in [-0.1, -0.05) is 6.07 Å². The zero-order valence-electron chi connectivity index (χ0n) is 12.9. The smallest absolute Gasteiger partial charge is 0.339 e. The van der Waals surface area contributed by atoms with Crippen LogP contribution in [0.25, 0.3) is 0 Å². The van der Waals surface area contributed by atoms with Crippen molar-refractivity contribution < 1.29 is 24.2 Å². The largest absolute Gasteiger partial charge is 0.493 e. The van der Waals surface area contributed by atoms with E-state index in [1.54, 1.807) is 24.0 Å². The molecule has 22 heavy (non-hydrogen) atoms. The van der Waals surface area contributed by atoms with Crippen molar-refractivity contribution in [2.45, 2.75) is 26.4 Å². The molecule has 1 aliphatic rings. The van der Waals surface area contributed by atoms with E-state index in [4.69, 9.17) is 14.6 Å². The number of aromatic carboxylic acids is 1. The van der Waals surface area contributed by atoms with Crippen molar-refractivity contribution in [1.29, 1.82) is 0 Å². The quantitative estimate of drug-likeness (QED) is 0.893. The Balaban J connectivity index is 2.10. The molecule has 1 atom stereocenters. The number of nitrogens with zero attached hydrogens (tertiary/aromatic N) is 1. The van der Waals surface area contributed by atoms with E-state index in [2.05, 4.69) is 0 Å². The van der Waals surface area contributed by atoms with Gasteiger partial charge in [-0.25, -0.2) is 4.79 Å². The molecule has 1 aliphatic heterocycles. The number of carboxylic acids is 1. The predicted molar refractivity (Wildman–Crippen MR) is 80.3 cm³/mol. The van der Waals surface area contributed by atoms with E-state index in [0.29, 0.717) is 32.1 Å². The number of rotatable bonds is 5. The zero-order chi connectivity index (χ0) is 16.1. The van der Waals surface area contributed by atoms with Crippen molar-refractivity contribution in [3.8, 4) is 5.75 Å². The number of hydrogen-bond donors (Lipinski definition) is 1. The van der Waals surface area contributed by atoms with Crippen LogP contribution in [0.15, 0.2) is 18.2 Å². The van der Waals surface area contributed by atoms with Crippen LogP contribution in [-0.2, 0) is 16.0 Å².